The first-order valence-corrected chi connectivity index (χ1v) is 10.9. The first-order chi connectivity index (χ1) is 14.8. The van der Waals surface area contributed by atoms with Crippen molar-refractivity contribution in [2.75, 3.05) is 29.9 Å². The Morgan fingerprint density at radius 1 is 1.03 bits per heavy atom. The fourth-order valence-corrected chi connectivity index (χ4v) is 4.55. The molecule has 0 unspecified atom stereocenters. The highest BCUT2D eigenvalue weighted by molar-refractivity contribution is 6.05. The Balaban J connectivity index is 1.48. The molecule has 162 valence electrons. The molecule has 6 heteroatoms. The van der Waals surface area contributed by atoms with E-state index in [1.54, 1.807) is 11.0 Å². The number of anilines is 2. The van der Waals surface area contributed by atoms with Gasteiger partial charge in [-0.3, -0.25) is 14.4 Å². The molecule has 0 aromatic heterocycles. The lowest BCUT2D eigenvalue weighted by Crippen LogP contribution is -2.30. The second-order valence-corrected chi connectivity index (χ2v) is 8.66. The summed E-state index contributed by atoms with van der Waals surface area (Å²) in [5.41, 5.74) is 5.05. The van der Waals surface area contributed by atoms with Gasteiger partial charge in [-0.25, -0.2) is 0 Å². The third-order valence-electron chi connectivity index (χ3n) is 6.35. The standard InChI is InChI=1S/C25H29N3O3/c1-16-9-10-22(17(2)13-16)28-15-19(14-23(28)29)24(30)26-21-8-6-7-20(18(21)3)25(31)27-11-4-5-12-27/h6-10,13,19H,4-5,11-12,14-15H2,1-3H3,(H,26,30)/t19-/m0/s1. The molecule has 1 atom stereocenters. The summed E-state index contributed by atoms with van der Waals surface area (Å²) in [4.78, 5) is 42.0. The van der Waals surface area contributed by atoms with E-state index in [9.17, 15) is 14.4 Å². The molecule has 2 aliphatic rings. The number of carbonyl (C=O) groups is 3. The van der Waals surface area contributed by atoms with Crippen LogP contribution in [0.5, 0.6) is 0 Å². The van der Waals surface area contributed by atoms with E-state index >= 15 is 0 Å². The SMILES string of the molecule is Cc1ccc(N2C[C@@H](C(=O)Nc3cccc(C(=O)N4CCCC4)c3C)CC2=O)c(C)c1. The van der Waals surface area contributed by atoms with Crippen LogP contribution >= 0.6 is 0 Å². The summed E-state index contributed by atoms with van der Waals surface area (Å²) in [6, 6.07) is 11.4. The van der Waals surface area contributed by atoms with Gasteiger partial charge in [0.15, 0.2) is 0 Å². The molecule has 1 N–H and O–H groups in total. The molecule has 6 nitrogen and oxygen atoms in total. The molecule has 3 amide bonds. The van der Waals surface area contributed by atoms with Crippen molar-refractivity contribution in [3.63, 3.8) is 0 Å². The lowest BCUT2D eigenvalue weighted by molar-refractivity contribution is -0.122. The molecule has 2 saturated heterocycles. The molecular weight excluding hydrogens is 390 g/mol. The van der Waals surface area contributed by atoms with Gasteiger partial charge in [0.1, 0.15) is 0 Å². The number of benzene rings is 2. The largest absolute Gasteiger partial charge is 0.339 e. The van der Waals surface area contributed by atoms with Gasteiger partial charge in [-0.2, -0.15) is 0 Å². The van der Waals surface area contributed by atoms with Crippen molar-refractivity contribution in [2.24, 2.45) is 5.92 Å². The molecule has 4 rings (SSSR count). The van der Waals surface area contributed by atoms with Crippen LogP contribution in [0.3, 0.4) is 0 Å². The Hall–Kier alpha value is -3.15. The predicted octanol–water partition coefficient (Wildman–Crippen LogP) is 3.84. The number of rotatable bonds is 4. The summed E-state index contributed by atoms with van der Waals surface area (Å²) in [6.45, 7) is 7.79. The maximum absolute atomic E-state index is 13.0. The fourth-order valence-electron chi connectivity index (χ4n) is 4.55. The zero-order valence-electron chi connectivity index (χ0n) is 18.4. The van der Waals surface area contributed by atoms with E-state index in [1.165, 1.54) is 0 Å². The molecule has 2 aromatic carbocycles. The Labute approximate surface area is 183 Å². The second kappa shape index (κ2) is 8.53. The zero-order valence-corrected chi connectivity index (χ0v) is 18.4. The van der Waals surface area contributed by atoms with Crippen LogP contribution in [0.2, 0.25) is 0 Å². The minimum Gasteiger partial charge on any atom is -0.339 e. The normalized spacial score (nSPS) is 18.5. The number of hydrogen-bond donors (Lipinski definition) is 1. The van der Waals surface area contributed by atoms with Crippen LogP contribution in [0.1, 0.15) is 46.3 Å². The fraction of sp³-hybridized carbons (Fsp3) is 0.400. The van der Waals surface area contributed by atoms with Crippen LogP contribution in [0.4, 0.5) is 11.4 Å². The smallest absolute Gasteiger partial charge is 0.254 e. The lowest BCUT2D eigenvalue weighted by atomic mass is 10.0. The lowest BCUT2D eigenvalue weighted by Gasteiger charge is -2.20. The molecule has 2 aliphatic heterocycles. The summed E-state index contributed by atoms with van der Waals surface area (Å²) in [5.74, 6) is -0.634. The van der Waals surface area contributed by atoms with Gasteiger partial charge in [0, 0.05) is 43.0 Å². The van der Waals surface area contributed by atoms with Crippen molar-refractivity contribution in [2.45, 2.75) is 40.0 Å². The molecule has 0 bridgehead atoms. The Kier molecular flexibility index (Phi) is 5.81. The van der Waals surface area contributed by atoms with Gasteiger partial charge < -0.3 is 15.1 Å². The van der Waals surface area contributed by atoms with Crippen molar-refractivity contribution in [3.8, 4) is 0 Å². The number of amides is 3. The summed E-state index contributed by atoms with van der Waals surface area (Å²) in [7, 11) is 0. The zero-order chi connectivity index (χ0) is 22.1. The number of carbonyl (C=O) groups excluding carboxylic acids is 3. The van der Waals surface area contributed by atoms with Crippen LogP contribution < -0.4 is 10.2 Å². The van der Waals surface area contributed by atoms with Gasteiger partial charge in [0.2, 0.25) is 11.8 Å². The summed E-state index contributed by atoms with van der Waals surface area (Å²) >= 11 is 0. The van der Waals surface area contributed by atoms with Gasteiger partial charge in [-0.1, -0.05) is 23.8 Å². The molecule has 0 spiro atoms. The average molecular weight is 420 g/mol. The molecule has 2 aromatic rings. The second-order valence-electron chi connectivity index (χ2n) is 8.66. The van der Waals surface area contributed by atoms with Crippen LogP contribution in [0.15, 0.2) is 36.4 Å². The summed E-state index contributed by atoms with van der Waals surface area (Å²) in [5, 5.41) is 2.97. The minimum atomic E-state index is -0.425. The van der Waals surface area contributed by atoms with E-state index in [2.05, 4.69) is 5.32 Å². The molecule has 0 radical (unpaired) electrons. The number of nitrogens with zero attached hydrogens (tertiary/aromatic N) is 2. The highest BCUT2D eigenvalue weighted by Crippen LogP contribution is 2.30. The van der Waals surface area contributed by atoms with E-state index in [0.29, 0.717) is 17.8 Å². The first kappa shape index (κ1) is 21.1. The monoisotopic (exact) mass is 419 g/mol. The first-order valence-electron chi connectivity index (χ1n) is 10.9. The highest BCUT2D eigenvalue weighted by atomic mass is 16.2. The van der Waals surface area contributed by atoms with Crippen LogP contribution in [0, 0.1) is 26.7 Å². The maximum Gasteiger partial charge on any atom is 0.254 e. The molecular formula is C25H29N3O3. The Morgan fingerprint density at radius 2 is 1.77 bits per heavy atom. The molecule has 0 aliphatic carbocycles. The van der Waals surface area contributed by atoms with E-state index in [1.807, 2.05) is 56.0 Å². The quantitative estimate of drug-likeness (QED) is 0.819. The number of nitrogens with one attached hydrogen (secondary N) is 1. The van der Waals surface area contributed by atoms with Gasteiger partial charge in [0.25, 0.3) is 5.91 Å². The Bertz CT molecular complexity index is 1040. The van der Waals surface area contributed by atoms with E-state index < -0.39 is 5.92 Å². The van der Waals surface area contributed by atoms with Crippen molar-refractivity contribution in [1.82, 2.24) is 4.90 Å². The van der Waals surface area contributed by atoms with Crippen molar-refractivity contribution in [1.29, 1.82) is 0 Å². The van der Waals surface area contributed by atoms with E-state index in [4.69, 9.17) is 0 Å². The average Bonchev–Trinajstić information content (AvgIpc) is 3.39. The van der Waals surface area contributed by atoms with Crippen molar-refractivity contribution >= 4 is 29.1 Å². The topological polar surface area (TPSA) is 69.7 Å². The number of hydrogen-bond acceptors (Lipinski definition) is 3. The summed E-state index contributed by atoms with van der Waals surface area (Å²) in [6.07, 6.45) is 2.26. The van der Waals surface area contributed by atoms with Crippen molar-refractivity contribution < 1.29 is 14.4 Å². The molecule has 31 heavy (non-hydrogen) atoms. The van der Waals surface area contributed by atoms with E-state index in [-0.39, 0.29) is 24.1 Å². The molecule has 0 saturated carbocycles. The third kappa shape index (κ3) is 4.20. The Morgan fingerprint density at radius 3 is 2.48 bits per heavy atom. The van der Waals surface area contributed by atoms with Crippen LogP contribution in [-0.2, 0) is 9.59 Å². The molecule has 2 heterocycles. The van der Waals surface area contributed by atoms with Gasteiger partial charge >= 0.3 is 0 Å². The van der Waals surface area contributed by atoms with Crippen LogP contribution in [-0.4, -0.2) is 42.3 Å². The number of likely N-dealkylation sites (tertiary alicyclic amines) is 1. The van der Waals surface area contributed by atoms with E-state index in [0.717, 1.165) is 48.3 Å². The highest BCUT2D eigenvalue weighted by Gasteiger charge is 2.36. The van der Waals surface area contributed by atoms with Gasteiger partial charge in [-0.15, -0.1) is 0 Å². The summed E-state index contributed by atoms with van der Waals surface area (Å²) < 4.78 is 0. The van der Waals surface area contributed by atoms with Gasteiger partial charge in [0.05, 0.1) is 5.92 Å². The predicted molar refractivity (Wildman–Crippen MR) is 121 cm³/mol. The molecule has 2 fully saturated rings. The minimum absolute atomic E-state index is 0.0168. The number of aryl methyl sites for hydroxylation is 2. The third-order valence-corrected chi connectivity index (χ3v) is 6.35. The van der Waals surface area contributed by atoms with Crippen LogP contribution in [0.25, 0.3) is 0 Å². The van der Waals surface area contributed by atoms with Gasteiger partial charge in [-0.05, 0) is 62.9 Å². The maximum atomic E-state index is 13.0. The van der Waals surface area contributed by atoms with Crippen molar-refractivity contribution in [3.05, 3.63) is 58.7 Å².